The van der Waals surface area contributed by atoms with Crippen LogP contribution in [-0.2, 0) is 18.9 Å². The Balaban J connectivity index is 3.13. The van der Waals surface area contributed by atoms with Crippen LogP contribution >= 0.6 is 0 Å². The zero-order valence-electron chi connectivity index (χ0n) is 17.0. The predicted octanol–water partition coefficient (Wildman–Crippen LogP) is 2.74. The second-order valence-electron chi connectivity index (χ2n) is 7.16. The van der Waals surface area contributed by atoms with Gasteiger partial charge in [-0.2, -0.15) is 0 Å². The molecule has 0 fully saturated rings. The lowest BCUT2D eigenvalue weighted by Gasteiger charge is -2.10. The highest BCUT2D eigenvalue weighted by Gasteiger charge is 2.02. The molecule has 0 aromatic heterocycles. The van der Waals surface area contributed by atoms with Crippen molar-refractivity contribution in [2.75, 3.05) is 65.9 Å². The quantitative estimate of drug-likeness (QED) is 0.340. The summed E-state index contributed by atoms with van der Waals surface area (Å²) >= 11 is 0. The minimum atomic E-state index is 0.0328. The monoisotopic (exact) mass is 357 g/mol. The summed E-state index contributed by atoms with van der Waals surface area (Å²) in [6.07, 6.45) is 1.21. The summed E-state index contributed by atoms with van der Waals surface area (Å²) in [5.41, 5.74) is 0.0328. The summed E-state index contributed by atoms with van der Waals surface area (Å²) in [5, 5.41) is 3.38. The van der Waals surface area contributed by atoms with E-state index in [2.05, 4.69) is 51.8 Å². The van der Waals surface area contributed by atoms with Gasteiger partial charge in [-0.25, -0.2) is 0 Å². The van der Waals surface area contributed by atoms with Gasteiger partial charge < -0.3 is 24.3 Å². The molecule has 0 aliphatic heterocycles. The van der Waals surface area contributed by atoms with Gasteiger partial charge in [-0.1, -0.05) is 32.1 Å². The van der Waals surface area contributed by atoms with Crippen molar-refractivity contribution < 1.29 is 18.9 Å². The fraction of sp³-hybridized carbons (Fsp3) is 0.900. The molecule has 1 N–H and O–H groups in total. The Kier molecular flexibility index (Phi) is 16.4. The minimum Gasteiger partial charge on any atom is -0.378 e. The summed E-state index contributed by atoms with van der Waals surface area (Å²) in [5.74, 6) is 6.86. The van der Waals surface area contributed by atoms with Gasteiger partial charge in [-0.15, -0.1) is 0 Å². The van der Waals surface area contributed by atoms with Crippen LogP contribution < -0.4 is 5.32 Å². The highest BCUT2D eigenvalue weighted by molar-refractivity contribution is 5.07. The van der Waals surface area contributed by atoms with E-state index in [4.69, 9.17) is 18.9 Å². The molecule has 0 aliphatic rings. The molecule has 1 atom stereocenters. The first-order valence-electron chi connectivity index (χ1n) is 9.47. The summed E-state index contributed by atoms with van der Waals surface area (Å²) < 4.78 is 21.7. The van der Waals surface area contributed by atoms with Gasteiger partial charge in [0.15, 0.2) is 0 Å². The topological polar surface area (TPSA) is 49.0 Å². The number of hydrogen-bond donors (Lipinski definition) is 1. The zero-order valence-corrected chi connectivity index (χ0v) is 17.0. The molecule has 5 nitrogen and oxygen atoms in total. The summed E-state index contributed by atoms with van der Waals surface area (Å²) in [7, 11) is 0. The van der Waals surface area contributed by atoms with E-state index in [9.17, 15) is 0 Å². The smallest absolute Gasteiger partial charge is 0.107 e. The Morgan fingerprint density at radius 3 is 1.88 bits per heavy atom. The molecule has 0 amide bonds. The maximum Gasteiger partial charge on any atom is 0.107 e. The largest absolute Gasteiger partial charge is 0.378 e. The van der Waals surface area contributed by atoms with E-state index in [1.807, 2.05) is 0 Å². The second kappa shape index (κ2) is 16.8. The molecule has 1 unspecified atom stereocenters. The second-order valence-corrected chi connectivity index (χ2v) is 7.16. The fourth-order valence-electron chi connectivity index (χ4n) is 1.72. The molecule has 0 aromatic rings. The first kappa shape index (κ1) is 24.4. The molecule has 0 spiro atoms. The molecule has 25 heavy (non-hydrogen) atoms. The molecule has 0 aromatic carbocycles. The Labute approximate surface area is 155 Å². The van der Waals surface area contributed by atoms with Crippen LogP contribution in [0.25, 0.3) is 0 Å². The van der Waals surface area contributed by atoms with E-state index in [0.717, 1.165) is 25.6 Å². The van der Waals surface area contributed by atoms with Crippen LogP contribution in [-0.4, -0.2) is 65.9 Å². The third-order valence-corrected chi connectivity index (χ3v) is 3.37. The Morgan fingerprint density at radius 2 is 1.36 bits per heavy atom. The third-order valence-electron chi connectivity index (χ3n) is 3.37. The van der Waals surface area contributed by atoms with Crippen molar-refractivity contribution in [3.05, 3.63) is 0 Å². The highest BCUT2D eigenvalue weighted by atomic mass is 16.6. The van der Waals surface area contributed by atoms with Crippen molar-refractivity contribution in [1.29, 1.82) is 0 Å². The fourth-order valence-corrected chi connectivity index (χ4v) is 1.72. The summed E-state index contributed by atoms with van der Waals surface area (Å²) in [6, 6.07) is 0. The van der Waals surface area contributed by atoms with Gasteiger partial charge >= 0.3 is 0 Å². The van der Waals surface area contributed by atoms with Crippen LogP contribution in [0, 0.1) is 23.2 Å². The van der Waals surface area contributed by atoms with Crippen LogP contribution in [0.4, 0.5) is 0 Å². The van der Waals surface area contributed by atoms with Gasteiger partial charge in [0, 0.05) is 12.0 Å². The van der Waals surface area contributed by atoms with E-state index >= 15 is 0 Å². The van der Waals surface area contributed by atoms with E-state index in [1.165, 1.54) is 6.42 Å². The molecule has 0 radical (unpaired) electrons. The van der Waals surface area contributed by atoms with Gasteiger partial charge in [0.1, 0.15) is 6.61 Å². The standard InChI is InChI=1S/C20H39NO4/c1-6-19(2)18-21-9-11-23-13-15-25-17-16-24-14-12-22-10-7-8-20(3,4)5/h19,21H,6,9-18H2,1-5H3. The number of nitrogens with one attached hydrogen (secondary N) is 1. The van der Waals surface area contributed by atoms with E-state index in [-0.39, 0.29) is 5.41 Å². The molecule has 0 saturated heterocycles. The van der Waals surface area contributed by atoms with Crippen LogP contribution in [0.1, 0.15) is 41.0 Å². The van der Waals surface area contributed by atoms with E-state index < -0.39 is 0 Å². The van der Waals surface area contributed by atoms with Crippen molar-refractivity contribution in [1.82, 2.24) is 5.32 Å². The molecule has 148 valence electrons. The van der Waals surface area contributed by atoms with Crippen LogP contribution in [0.5, 0.6) is 0 Å². The van der Waals surface area contributed by atoms with Crippen LogP contribution in [0.2, 0.25) is 0 Å². The van der Waals surface area contributed by atoms with Crippen molar-refractivity contribution >= 4 is 0 Å². The summed E-state index contributed by atoms with van der Waals surface area (Å²) in [6.45, 7) is 17.4. The zero-order chi connectivity index (χ0) is 18.8. The molecule has 0 saturated carbocycles. The van der Waals surface area contributed by atoms with Crippen molar-refractivity contribution in [2.24, 2.45) is 11.3 Å². The lowest BCUT2D eigenvalue weighted by Crippen LogP contribution is -2.25. The third kappa shape index (κ3) is 21.3. The Bertz CT molecular complexity index is 344. The lowest BCUT2D eigenvalue weighted by molar-refractivity contribution is 0.00166. The molecule has 0 heterocycles. The van der Waals surface area contributed by atoms with Gasteiger partial charge in [0.25, 0.3) is 0 Å². The van der Waals surface area contributed by atoms with Crippen LogP contribution in [0.3, 0.4) is 0 Å². The van der Waals surface area contributed by atoms with Crippen molar-refractivity contribution in [3.63, 3.8) is 0 Å². The molecule has 5 heteroatoms. The van der Waals surface area contributed by atoms with E-state index in [0.29, 0.717) is 46.2 Å². The van der Waals surface area contributed by atoms with Gasteiger partial charge in [0.05, 0.1) is 46.2 Å². The average molecular weight is 358 g/mol. The first-order chi connectivity index (χ1) is 12.0. The van der Waals surface area contributed by atoms with Gasteiger partial charge in [-0.05, 0) is 33.2 Å². The number of ether oxygens (including phenoxy) is 4. The molecule has 0 aliphatic carbocycles. The molecular weight excluding hydrogens is 318 g/mol. The maximum atomic E-state index is 5.49. The predicted molar refractivity (Wildman–Crippen MR) is 103 cm³/mol. The van der Waals surface area contributed by atoms with Gasteiger partial charge in [0.2, 0.25) is 0 Å². The van der Waals surface area contributed by atoms with Gasteiger partial charge in [-0.3, -0.25) is 0 Å². The molecule has 0 rings (SSSR count). The van der Waals surface area contributed by atoms with Crippen molar-refractivity contribution in [3.8, 4) is 11.8 Å². The molecule has 0 bridgehead atoms. The SMILES string of the molecule is CCC(C)CNCCOCCOCCOCCOCC#CC(C)(C)C. The van der Waals surface area contributed by atoms with E-state index in [1.54, 1.807) is 0 Å². The highest BCUT2D eigenvalue weighted by Crippen LogP contribution is 2.09. The first-order valence-corrected chi connectivity index (χ1v) is 9.47. The minimum absolute atomic E-state index is 0.0328. The lowest BCUT2D eigenvalue weighted by atomic mass is 9.98. The number of hydrogen-bond acceptors (Lipinski definition) is 5. The Morgan fingerprint density at radius 1 is 0.840 bits per heavy atom. The van der Waals surface area contributed by atoms with Crippen molar-refractivity contribution in [2.45, 2.75) is 41.0 Å². The molecular formula is C20H39NO4. The average Bonchev–Trinajstić information content (AvgIpc) is 2.56. The summed E-state index contributed by atoms with van der Waals surface area (Å²) in [4.78, 5) is 0. The number of rotatable bonds is 16. The normalized spacial score (nSPS) is 12.7. The Hall–Kier alpha value is -0.640. The van der Waals surface area contributed by atoms with Crippen LogP contribution in [0.15, 0.2) is 0 Å². The maximum absolute atomic E-state index is 5.49.